The van der Waals surface area contributed by atoms with Crippen LogP contribution in [0.2, 0.25) is 0 Å². The zero-order chi connectivity index (χ0) is 16.8. The molecule has 1 N–H and O–H groups in total. The molecule has 2 aliphatic rings. The molecule has 2 rings (SSSR count). The fourth-order valence-electron chi connectivity index (χ4n) is 2.59. The molecule has 2 atom stereocenters. The largest absolute Gasteiger partial charge is 0.459 e. The topological polar surface area (TPSA) is 73.9 Å². The van der Waals surface area contributed by atoms with Crippen LogP contribution >= 0.6 is 7.60 Å². The van der Waals surface area contributed by atoms with Crippen molar-refractivity contribution in [2.24, 2.45) is 5.41 Å². The maximum Gasteiger partial charge on any atom is 0.350 e. The third-order valence-corrected chi connectivity index (χ3v) is 6.45. The Hall–Kier alpha value is -0.420. The Morgan fingerprint density at radius 2 is 1.77 bits per heavy atom. The summed E-state index contributed by atoms with van der Waals surface area (Å²) in [5.41, 5.74) is -0.683. The Labute approximate surface area is 132 Å². The molecule has 0 aromatic rings. The van der Waals surface area contributed by atoms with E-state index in [2.05, 4.69) is 5.32 Å². The molecule has 2 aliphatic heterocycles. The van der Waals surface area contributed by atoms with Crippen LogP contribution < -0.4 is 5.32 Å². The molecular weight excluding hydrogens is 305 g/mol. The zero-order valence-electron chi connectivity index (χ0n) is 14.4. The van der Waals surface area contributed by atoms with E-state index in [9.17, 15) is 9.36 Å². The van der Waals surface area contributed by atoms with Crippen molar-refractivity contribution in [3.05, 3.63) is 0 Å². The van der Waals surface area contributed by atoms with Gasteiger partial charge in [0.25, 0.3) is 0 Å². The van der Waals surface area contributed by atoms with Gasteiger partial charge in [0.05, 0.1) is 13.2 Å². The quantitative estimate of drug-likeness (QED) is 0.618. The molecule has 0 aromatic heterocycles. The molecule has 6 nitrogen and oxygen atoms in total. The molecule has 2 unspecified atom stereocenters. The first-order valence-corrected chi connectivity index (χ1v) is 9.30. The van der Waals surface area contributed by atoms with Gasteiger partial charge >= 0.3 is 13.6 Å². The number of carbonyl (C=O) groups excluding carboxylic acids is 1. The van der Waals surface area contributed by atoms with Crippen LogP contribution in [0.1, 0.15) is 54.4 Å². The maximum absolute atomic E-state index is 13.0. The van der Waals surface area contributed by atoms with Crippen molar-refractivity contribution in [3.63, 3.8) is 0 Å². The molecular formula is C15H28NO5P. The van der Waals surface area contributed by atoms with Crippen LogP contribution in [0.3, 0.4) is 0 Å². The number of carbonyl (C=O) groups is 1. The molecule has 2 saturated heterocycles. The minimum absolute atomic E-state index is 0.145. The van der Waals surface area contributed by atoms with E-state index in [0.717, 1.165) is 0 Å². The molecule has 0 amide bonds. The van der Waals surface area contributed by atoms with Gasteiger partial charge in [0, 0.05) is 5.41 Å². The monoisotopic (exact) mass is 333 g/mol. The summed E-state index contributed by atoms with van der Waals surface area (Å²) in [4.78, 5) is 12.2. The Bertz CT molecular complexity index is 485. The average molecular weight is 333 g/mol. The van der Waals surface area contributed by atoms with Crippen molar-refractivity contribution in [2.45, 2.75) is 71.3 Å². The molecule has 2 fully saturated rings. The first-order valence-electron chi connectivity index (χ1n) is 7.76. The molecule has 0 saturated carbocycles. The van der Waals surface area contributed by atoms with Gasteiger partial charge in [-0.05, 0) is 40.5 Å². The molecule has 0 bridgehead atoms. The standard InChI is InChI=1S/C15H28NO5P/c1-13(2,3)21-12(17)11-7-8-15(6,16-11)22(18)19-9-14(4,5)10-20-22/h11,16H,7-10H2,1-6H3. The van der Waals surface area contributed by atoms with Crippen molar-refractivity contribution in [1.82, 2.24) is 5.32 Å². The minimum atomic E-state index is -3.30. The molecule has 128 valence electrons. The number of nitrogens with one attached hydrogen (secondary N) is 1. The van der Waals surface area contributed by atoms with E-state index < -0.39 is 24.5 Å². The number of hydrogen-bond donors (Lipinski definition) is 1. The molecule has 0 spiro atoms. The molecule has 22 heavy (non-hydrogen) atoms. The Morgan fingerprint density at radius 3 is 2.27 bits per heavy atom. The molecule has 2 heterocycles. The van der Waals surface area contributed by atoms with Crippen molar-refractivity contribution in [2.75, 3.05) is 13.2 Å². The average Bonchev–Trinajstić information content (AvgIpc) is 2.76. The number of ether oxygens (including phenoxy) is 1. The Morgan fingerprint density at radius 1 is 1.23 bits per heavy atom. The summed E-state index contributed by atoms with van der Waals surface area (Å²) in [5.74, 6) is -0.319. The number of rotatable bonds is 2. The van der Waals surface area contributed by atoms with E-state index in [1.807, 2.05) is 34.6 Å². The van der Waals surface area contributed by atoms with Crippen molar-refractivity contribution in [3.8, 4) is 0 Å². The molecule has 0 aromatic carbocycles. The lowest BCUT2D eigenvalue weighted by Gasteiger charge is -2.41. The summed E-state index contributed by atoms with van der Waals surface area (Å²) in [6, 6.07) is -0.475. The van der Waals surface area contributed by atoms with Crippen molar-refractivity contribution in [1.29, 1.82) is 0 Å². The van der Waals surface area contributed by atoms with Gasteiger partial charge in [-0.15, -0.1) is 0 Å². The smallest absolute Gasteiger partial charge is 0.350 e. The van der Waals surface area contributed by atoms with Crippen LogP contribution in [0.15, 0.2) is 0 Å². The van der Waals surface area contributed by atoms with E-state index in [4.69, 9.17) is 13.8 Å². The lowest BCUT2D eigenvalue weighted by atomic mass is 9.97. The Kier molecular flexibility index (Phi) is 4.55. The SMILES string of the molecule is CC1(C)COP(=O)(C2(C)CCC(C(=O)OC(C)(C)C)N2)OC1. The van der Waals surface area contributed by atoms with Gasteiger partial charge in [0.2, 0.25) is 0 Å². The van der Waals surface area contributed by atoms with Gasteiger partial charge in [0.1, 0.15) is 16.9 Å². The van der Waals surface area contributed by atoms with Crippen LogP contribution in [0.4, 0.5) is 0 Å². The van der Waals surface area contributed by atoms with Crippen LogP contribution in [-0.4, -0.2) is 36.1 Å². The predicted octanol–water partition coefficient (Wildman–Crippen LogP) is 3.06. The van der Waals surface area contributed by atoms with Gasteiger partial charge in [-0.25, -0.2) is 0 Å². The summed E-state index contributed by atoms with van der Waals surface area (Å²) in [6.45, 7) is 12.1. The fourth-order valence-corrected chi connectivity index (χ4v) is 4.99. The predicted molar refractivity (Wildman–Crippen MR) is 83.7 cm³/mol. The summed E-state index contributed by atoms with van der Waals surface area (Å²) in [5, 5.41) is 2.30. The summed E-state index contributed by atoms with van der Waals surface area (Å²) >= 11 is 0. The fraction of sp³-hybridized carbons (Fsp3) is 0.933. The van der Waals surface area contributed by atoms with Gasteiger partial charge < -0.3 is 13.8 Å². The highest BCUT2D eigenvalue weighted by Gasteiger charge is 2.55. The number of esters is 1. The maximum atomic E-state index is 13.0. The highest BCUT2D eigenvalue weighted by Crippen LogP contribution is 2.65. The van der Waals surface area contributed by atoms with E-state index in [1.54, 1.807) is 6.92 Å². The van der Waals surface area contributed by atoms with Crippen LogP contribution in [0.25, 0.3) is 0 Å². The van der Waals surface area contributed by atoms with E-state index in [1.165, 1.54) is 0 Å². The van der Waals surface area contributed by atoms with Crippen LogP contribution in [0, 0.1) is 5.41 Å². The molecule has 7 heteroatoms. The minimum Gasteiger partial charge on any atom is -0.459 e. The third-order valence-electron chi connectivity index (χ3n) is 3.95. The highest BCUT2D eigenvalue weighted by atomic mass is 31.2. The van der Waals surface area contributed by atoms with Gasteiger partial charge in [0.15, 0.2) is 0 Å². The van der Waals surface area contributed by atoms with Crippen LogP contribution in [-0.2, 0) is 23.1 Å². The lowest BCUT2D eigenvalue weighted by Crippen LogP contribution is -2.47. The van der Waals surface area contributed by atoms with E-state index >= 15 is 0 Å². The first kappa shape index (κ1) is 17.9. The van der Waals surface area contributed by atoms with Gasteiger partial charge in [-0.3, -0.25) is 14.7 Å². The van der Waals surface area contributed by atoms with Gasteiger partial charge in [-0.2, -0.15) is 0 Å². The first-order chi connectivity index (χ1) is 9.86. The number of hydrogen-bond acceptors (Lipinski definition) is 6. The summed E-state index contributed by atoms with van der Waals surface area (Å²) in [6.07, 6.45) is 1.11. The second-order valence-electron chi connectivity index (χ2n) is 8.25. The van der Waals surface area contributed by atoms with Crippen molar-refractivity contribution < 1.29 is 23.1 Å². The van der Waals surface area contributed by atoms with E-state index in [0.29, 0.717) is 26.1 Å². The van der Waals surface area contributed by atoms with Gasteiger partial charge in [-0.1, -0.05) is 13.8 Å². The highest BCUT2D eigenvalue weighted by molar-refractivity contribution is 7.55. The van der Waals surface area contributed by atoms with Crippen molar-refractivity contribution >= 4 is 13.6 Å². The van der Waals surface area contributed by atoms with Crippen LogP contribution in [0.5, 0.6) is 0 Å². The molecule has 0 radical (unpaired) electrons. The zero-order valence-corrected chi connectivity index (χ0v) is 15.3. The summed E-state index contributed by atoms with van der Waals surface area (Å²) < 4.78 is 29.7. The molecule has 0 aliphatic carbocycles. The third kappa shape index (κ3) is 3.73. The second kappa shape index (κ2) is 5.59. The summed E-state index contributed by atoms with van der Waals surface area (Å²) in [7, 11) is -3.30. The lowest BCUT2D eigenvalue weighted by molar-refractivity contribution is -0.157. The second-order valence-corrected chi connectivity index (χ2v) is 10.7. The normalized spacial score (nSPS) is 34.4. The Balaban J connectivity index is 2.04. The van der Waals surface area contributed by atoms with E-state index in [-0.39, 0.29) is 11.4 Å².